The third kappa shape index (κ3) is 4.46. The molecule has 2 aromatic rings. The molecule has 0 unspecified atom stereocenters. The molecule has 1 amide bonds. The number of rotatable bonds is 8. The smallest absolute Gasteiger partial charge is 0.338 e. The van der Waals surface area contributed by atoms with Gasteiger partial charge >= 0.3 is 5.97 Å². The molecule has 160 valence electrons. The molecule has 1 aliphatic heterocycles. The van der Waals surface area contributed by atoms with Gasteiger partial charge in [-0.15, -0.1) is 0 Å². The number of hydrogen-bond acceptors (Lipinski definition) is 5. The molecule has 30 heavy (non-hydrogen) atoms. The summed E-state index contributed by atoms with van der Waals surface area (Å²) < 4.78 is 12.5. The molecule has 3 rings (SSSR count). The predicted molar refractivity (Wildman–Crippen MR) is 113 cm³/mol. The summed E-state index contributed by atoms with van der Waals surface area (Å²) >= 11 is 0. The lowest BCUT2D eigenvalue weighted by Gasteiger charge is -2.17. The topological polar surface area (TPSA) is 77.8 Å². The molecule has 0 aliphatic carbocycles. The number of methoxy groups -OCH3 is 1. The number of nitrogens with zero attached hydrogens (tertiary/aromatic N) is 2. The minimum atomic E-state index is -0.566. The number of Topliss-reactive ketones (excluding diaryl/α,β-unsaturated/α-hetero) is 1. The maximum Gasteiger partial charge on any atom is 0.338 e. The minimum absolute atomic E-state index is 0.0911. The fourth-order valence-corrected chi connectivity index (χ4v) is 4.04. The molecule has 2 heterocycles. The predicted octanol–water partition coefficient (Wildman–Crippen LogP) is 3.48. The van der Waals surface area contributed by atoms with Crippen molar-refractivity contribution in [3.63, 3.8) is 0 Å². The second-order valence-corrected chi connectivity index (χ2v) is 7.65. The Morgan fingerprint density at radius 1 is 1.17 bits per heavy atom. The normalized spacial score (nSPS) is 14.8. The summed E-state index contributed by atoms with van der Waals surface area (Å²) in [4.78, 5) is 38.5. The van der Waals surface area contributed by atoms with Gasteiger partial charge in [0.25, 0.3) is 0 Å². The minimum Gasteiger partial charge on any atom is -0.454 e. The van der Waals surface area contributed by atoms with Crippen LogP contribution in [0.25, 0.3) is 0 Å². The van der Waals surface area contributed by atoms with E-state index in [0.717, 1.165) is 23.5 Å². The SMILES string of the molecule is COC[C@H](C)n1c(C)cc(C(=O)COC(=O)c2ccc(N3CCCC3=O)cc2)c1C. The summed E-state index contributed by atoms with van der Waals surface area (Å²) in [5, 5.41) is 0. The third-order valence-corrected chi connectivity index (χ3v) is 5.46. The van der Waals surface area contributed by atoms with Crippen molar-refractivity contribution in [3.8, 4) is 0 Å². The van der Waals surface area contributed by atoms with Crippen LogP contribution in [0.2, 0.25) is 0 Å². The van der Waals surface area contributed by atoms with Crippen LogP contribution in [0.1, 0.15) is 57.9 Å². The molecule has 0 N–H and O–H groups in total. The number of carbonyl (C=O) groups excluding carboxylic acids is 3. The molecule has 0 saturated carbocycles. The summed E-state index contributed by atoms with van der Waals surface area (Å²) in [5.74, 6) is -0.718. The zero-order chi connectivity index (χ0) is 21.8. The Labute approximate surface area is 176 Å². The lowest BCUT2D eigenvalue weighted by Crippen LogP contribution is -2.23. The van der Waals surface area contributed by atoms with E-state index in [1.807, 2.05) is 26.8 Å². The molecule has 7 heteroatoms. The van der Waals surface area contributed by atoms with Gasteiger partial charge in [-0.05, 0) is 57.5 Å². The van der Waals surface area contributed by atoms with Crippen molar-refractivity contribution in [2.24, 2.45) is 0 Å². The molecule has 7 nitrogen and oxygen atoms in total. The van der Waals surface area contributed by atoms with E-state index >= 15 is 0 Å². The molecule has 0 spiro atoms. The van der Waals surface area contributed by atoms with Crippen LogP contribution in [0.15, 0.2) is 30.3 Å². The highest BCUT2D eigenvalue weighted by Gasteiger charge is 2.23. The Morgan fingerprint density at radius 3 is 2.47 bits per heavy atom. The van der Waals surface area contributed by atoms with Crippen LogP contribution in [0.3, 0.4) is 0 Å². The molecule has 0 radical (unpaired) electrons. The first-order valence-electron chi connectivity index (χ1n) is 10.1. The number of esters is 1. The number of amides is 1. The van der Waals surface area contributed by atoms with E-state index < -0.39 is 5.97 Å². The van der Waals surface area contributed by atoms with E-state index in [-0.39, 0.29) is 24.3 Å². The van der Waals surface area contributed by atoms with Crippen LogP contribution in [0.5, 0.6) is 0 Å². The van der Waals surface area contributed by atoms with E-state index in [1.165, 1.54) is 0 Å². The van der Waals surface area contributed by atoms with E-state index in [2.05, 4.69) is 4.57 Å². The summed E-state index contributed by atoms with van der Waals surface area (Å²) in [6.07, 6.45) is 1.40. The molecule has 0 bridgehead atoms. The Kier molecular flexibility index (Phi) is 6.72. The zero-order valence-electron chi connectivity index (χ0n) is 17.9. The van der Waals surface area contributed by atoms with Crippen LogP contribution >= 0.6 is 0 Å². The Hall–Kier alpha value is -2.93. The average molecular weight is 412 g/mol. The Bertz CT molecular complexity index is 945. The van der Waals surface area contributed by atoms with Gasteiger partial charge in [0.1, 0.15) is 0 Å². The molecule has 1 aromatic heterocycles. The average Bonchev–Trinajstić information content (AvgIpc) is 3.28. The summed E-state index contributed by atoms with van der Waals surface area (Å²) in [5.41, 5.74) is 3.45. The van der Waals surface area contributed by atoms with Gasteiger partial charge in [0.15, 0.2) is 6.61 Å². The number of aromatic nitrogens is 1. The van der Waals surface area contributed by atoms with Crippen LogP contribution in [-0.2, 0) is 14.3 Å². The quantitative estimate of drug-likeness (QED) is 0.490. The number of ketones is 1. The standard InChI is InChI=1S/C23H28N2O5/c1-15-12-20(17(3)25(15)16(2)13-29-4)21(26)14-30-23(28)18-7-9-19(10-8-18)24-11-5-6-22(24)27/h7-10,12,16H,5-6,11,13-14H2,1-4H3/t16-/m0/s1. The number of aryl methyl sites for hydroxylation is 1. The third-order valence-electron chi connectivity index (χ3n) is 5.46. The second kappa shape index (κ2) is 9.26. The van der Waals surface area contributed by atoms with E-state index in [1.54, 1.807) is 36.3 Å². The highest BCUT2D eigenvalue weighted by molar-refractivity contribution is 6.00. The van der Waals surface area contributed by atoms with Crippen LogP contribution in [0, 0.1) is 13.8 Å². The first-order valence-corrected chi connectivity index (χ1v) is 10.1. The van der Waals surface area contributed by atoms with Crippen LogP contribution < -0.4 is 4.90 Å². The summed E-state index contributed by atoms with van der Waals surface area (Å²) in [6, 6.07) is 8.61. The van der Waals surface area contributed by atoms with Crippen molar-refractivity contribution in [2.45, 2.75) is 39.7 Å². The maximum atomic E-state index is 12.6. The largest absolute Gasteiger partial charge is 0.454 e. The molecule has 1 atom stereocenters. The highest BCUT2D eigenvalue weighted by atomic mass is 16.5. The van der Waals surface area contributed by atoms with Gasteiger partial charge in [0.2, 0.25) is 11.7 Å². The monoisotopic (exact) mass is 412 g/mol. The number of ether oxygens (including phenoxy) is 2. The van der Waals surface area contributed by atoms with Gasteiger partial charge in [-0.25, -0.2) is 4.79 Å². The number of carbonyl (C=O) groups is 3. The maximum absolute atomic E-state index is 12.6. The number of hydrogen-bond donors (Lipinski definition) is 0. The summed E-state index contributed by atoms with van der Waals surface area (Å²) in [7, 11) is 1.64. The fourth-order valence-electron chi connectivity index (χ4n) is 4.04. The first kappa shape index (κ1) is 21.8. The molecule has 1 aliphatic rings. The van der Waals surface area contributed by atoms with Gasteiger partial charge in [-0.1, -0.05) is 0 Å². The molecular weight excluding hydrogens is 384 g/mol. The number of anilines is 1. The van der Waals surface area contributed by atoms with Gasteiger partial charge in [-0.2, -0.15) is 0 Å². The van der Waals surface area contributed by atoms with Gasteiger partial charge in [0.05, 0.1) is 18.2 Å². The highest BCUT2D eigenvalue weighted by Crippen LogP contribution is 2.23. The first-order chi connectivity index (χ1) is 14.3. The van der Waals surface area contributed by atoms with E-state index in [9.17, 15) is 14.4 Å². The lowest BCUT2D eigenvalue weighted by molar-refractivity contribution is -0.117. The second-order valence-electron chi connectivity index (χ2n) is 7.65. The van der Waals surface area contributed by atoms with Crippen LogP contribution in [0.4, 0.5) is 5.69 Å². The van der Waals surface area contributed by atoms with Crippen molar-refractivity contribution in [1.82, 2.24) is 4.57 Å². The molecule has 1 aromatic carbocycles. The Balaban J connectivity index is 1.63. The molecule has 1 fully saturated rings. The zero-order valence-corrected chi connectivity index (χ0v) is 17.9. The fraction of sp³-hybridized carbons (Fsp3) is 0.435. The van der Waals surface area contributed by atoms with Gasteiger partial charge < -0.3 is 18.9 Å². The van der Waals surface area contributed by atoms with Crippen molar-refractivity contribution < 1.29 is 23.9 Å². The number of benzene rings is 1. The molecular formula is C23H28N2O5. The van der Waals surface area contributed by atoms with Crippen molar-refractivity contribution in [1.29, 1.82) is 0 Å². The summed E-state index contributed by atoms with van der Waals surface area (Å²) in [6.45, 7) is 6.75. The van der Waals surface area contributed by atoms with Gasteiger partial charge in [0, 0.05) is 42.7 Å². The van der Waals surface area contributed by atoms with Crippen LogP contribution in [-0.4, -0.2) is 49.1 Å². The lowest BCUT2D eigenvalue weighted by atomic mass is 10.1. The molecule has 1 saturated heterocycles. The van der Waals surface area contributed by atoms with Crippen molar-refractivity contribution >= 4 is 23.3 Å². The van der Waals surface area contributed by atoms with E-state index in [4.69, 9.17) is 9.47 Å². The Morgan fingerprint density at radius 2 is 1.87 bits per heavy atom. The van der Waals surface area contributed by atoms with Gasteiger partial charge in [-0.3, -0.25) is 9.59 Å². The van der Waals surface area contributed by atoms with Crippen molar-refractivity contribution in [2.75, 3.05) is 31.8 Å². The van der Waals surface area contributed by atoms with E-state index in [0.29, 0.717) is 30.7 Å². The van der Waals surface area contributed by atoms with Crippen molar-refractivity contribution in [3.05, 3.63) is 52.8 Å².